The van der Waals surface area contributed by atoms with Gasteiger partial charge >= 0.3 is 0 Å². The van der Waals surface area contributed by atoms with E-state index >= 15 is 0 Å². The van der Waals surface area contributed by atoms with Crippen LogP contribution in [0, 0.1) is 34.5 Å². The molecule has 0 amide bonds. The molecule has 4 rings (SSSR count). The van der Waals surface area contributed by atoms with Crippen LogP contribution in [0.25, 0.3) is 0 Å². The predicted octanol–water partition coefficient (Wildman–Crippen LogP) is 4.50. The number of allylic oxidation sites excluding steroid dienone is 4. The lowest BCUT2D eigenvalue weighted by Crippen LogP contribution is -2.48. The van der Waals surface area contributed by atoms with Gasteiger partial charge in [0, 0.05) is 12.3 Å². The van der Waals surface area contributed by atoms with Crippen molar-refractivity contribution in [2.75, 3.05) is 0 Å². The number of hydrogen-bond acceptors (Lipinski definition) is 2. The maximum Gasteiger partial charge on any atom is 0.155 e. The predicted molar refractivity (Wildman–Crippen MR) is 90.8 cm³/mol. The van der Waals surface area contributed by atoms with E-state index in [0.29, 0.717) is 35.7 Å². The average molecular weight is 312 g/mol. The molecule has 0 aromatic heterocycles. The van der Waals surface area contributed by atoms with Crippen LogP contribution in [-0.4, -0.2) is 11.6 Å². The lowest BCUT2D eigenvalue weighted by Gasteiger charge is -2.55. The molecule has 5 unspecified atom stereocenters. The minimum absolute atomic E-state index is 0.0645. The second-order valence-electron chi connectivity index (χ2n) is 8.85. The normalized spacial score (nSPS) is 48.3. The molecule has 0 heterocycles. The number of carbonyl (C=O) groups is 2. The fourth-order valence-corrected chi connectivity index (χ4v) is 6.59. The Morgan fingerprint density at radius 2 is 1.96 bits per heavy atom. The van der Waals surface area contributed by atoms with E-state index in [9.17, 15) is 9.59 Å². The standard InChI is InChI=1S/C21H28O2/c1-13(22)17-6-7-18-16-5-4-14-12-15(23)8-10-20(14,2)19(16)9-11-21(17,18)3/h9,11-12,16-19H,4-8,10H2,1-3H3/t16?,17?,18?,19?,20-,21?/m0/s1. The largest absolute Gasteiger partial charge is 0.300 e. The van der Waals surface area contributed by atoms with Gasteiger partial charge in [0.25, 0.3) is 0 Å². The number of hydrogen-bond donors (Lipinski definition) is 0. The van der Waals surface area contributed by atoms with Crippen LogP contribution in [0.3, 0.4) is 0 Å². The Hall–Kier alpha value is -1.18. The van der Waals surface area contributed by atoms with Crippen molar-refractivity contribution in [2.45, 2.75) is 59.3 Å². The summed E-state index contributed by atoms with van der Waals surface area (Å²) in [6.07, 6.45) is 13.0. The highest BCUT2D eigenvalue weighted by molar-refractivity contribution is 5.91. The van der Waals surface area contributed by atoms with E-state index in [1.54, 1.807) is 6.92 Å². The molecule has 6 atom stereocenters. The average Bonchev–Trinajstić information content (AvgIpc) is 2.85. The van der Waals surface area contributed by atoms with Gasteiger partial charge in [-0.05, 0) is 73.7 Å². The smallest absolute Gasteiger partial charge is 0.155 e. The summed E-state index contributed by atoms with van der Waals surface area (Å²) < 4.78 is 0. The van der Waals surface area contributed by atoms with Crippen LogP contribution in [0.2, 0.25) is 0 Å². The molecule has 0 radical (unpaired) electrons. The van der Waals surface area contributed by atoms with Gasteiger partial charge < -0.3 is 0 Å². The van der Waals surface area contributed by atoms with E-state index in [1.807, 2.05) is 6.08 Å². The maximum atomic E-state index is 12.1. The van der Waals surface area contributed by atoms with Crippen molar-refractivity contribution in [3.05, 3.63) is 23.8 Å². The molecule has 4 aliphatic carbocycles. The number of fused-ring (bicyclic) bond motifs is 5. The molecular weight excluding hydrogens is 284 g/mol. The molecule has 0 aliphatic heterocycles. The maximum absolute atomic E-state index is 12.1. The summed E-state index contributed by atoms with van der Waals surface area (Å²) in [5.41, 5.74) is 1.63. The van der Waals surface area contributed by atoms with Crippen molar-refractivity contribution >= 4 is 11.6 Å². The molecule has 23 heavy (non-hydrogen) atoms. The lowest BCUT2D eigenvalue weighted by atomic mass is 9.49. The number of carbonyl (C=O) groups excluding carboxylic acids is 2. The van der Waals surface area contributed by atoms with Gasteiger partial charge in [0.2, 0.25) is 0 Å². The Morgan fingerprint density at radius 3 is 2.70 bits per heavy atom. The highest BCUT2D eigenvalue weighted by Gasteiger charge is 2.57. The van der Waals surface area contributed by atoms with E-state index in [2.05, 4.69) is 26.0 Å². The highest BCUT2D eigenvalue weighted by atomic mass is 16.1. The fraction of sp³-hybridized carbons (Fsp3) is 0.714. The van der Waals surface area contributed by atoms with E-state index in [-0.39, 0.29) is 16.7 Å². The Balaban J connectivity index is 1.74. The summed E-state index contributed by atoms with van der Waals surface area (Å²) in [4.78, 5) is 24.0. The summed E-state index contributed by atoms with van der Waals surface area (Å²) in [5, 5.41) is 0. The topological polar surface area (TPSA) is 34.1 Å². The van der Waals surface area contributed by atoms with Crippen molar-refractivity contribution in [1.82, 2.24) is 0 Å². The van der Waals surface area contributed by atoms with Crippen molar-refractivity contribution in [3.63, 3.8) is 0 Å². The number of Topliss-reactive ketones (excluding diaryl/α,β-unsaturated/α-hetero) is 1. The van der Waals surface area contributed by atoms with Crippen LogP contribution in [0.15, 0.2) is 23.8 Å². The molecule has 4 aliphatic rings. The first kappa shape index (κ1) is 15.4. The van der Waals surface area contributed by atoms with Crippen LogP contribution in [0.5, 0.6) is 0 Å². The van der Waals surface area contributed by atoms with Crippen LogP contribution >= 0.6 is 0 Å². The zero-order valence-electron chi connectivity index (χ0n) is 14.6. The SMILES string of the molecule is CC(=O)C1CCC2C3CCC4=CC(=O)CC[C@]4(C)C3C=CC12C. The molecule has 0 aromatic rings. The molecule has 0 spiro atoms. The third-order valence-corrected chi connectivity index (χ3v) is 7.89. The molecular formula is C21H28O2. The summed E-state index contributed by atoms with van der Waals surface area (Å²) in [7, 11) is 0. The minimum Gasteiger partial charge on any atom is -0.300 e. The van der Waals surface area contributed by atoms with Crippen molar-refractivity contribution in [1.29, 1.82) is 0 Å². The van der Waals surface area contributed by atoms with Gasteiger partial charge in [-0.15, -0.1) is 0 Å². The molecule has 2 fully saturated rings. The van der Waals surface area contributed by atoms with Crippen LogP contribution in [0.1, 0.15) is 59.3 Å². The van der Waals surface area contributed by atoms with Gasteiger partial charge in [-0.25, -0.2) is 0 Å². The Morgan fingerprint density at radius 1 is 1.17 bits per heavy atom. The molecule has 124 valence electrons. The highest BCUT2D eigenvalue weighted by Crippen LogP contribution is 2.64. The van der Waals surface area contributed by atoms with Gasteiger partial charge in [0.05, 0.1) is 0 Å². The summed E-state index contributed by atoms with van der Waals surface area (Å²) in [6, 6.07) is 0. The Kier molecular flexibility index (Phi) is 3.28. The van der Waals surface area contributed by atoms with Crippen LogP contribution < -0.4 is 0 Å². The molecule has 0 saturated heterocycles. The Labute approximate surface area is 139 Å². The second kappa shape index (κ2) is 4.91. The minimum atomic E-state index is 0.0645. The monoisotopic (exact) mass is 312 g/mol. The van der Waals surface area contributed by atoms with E-state index in [1.165, 1.54) is 18.4 Å². The third-order valence-electron chi connectivity index (χ3n) is 7.89. The first-order valence-electron chi connectivity index (χ1n) is 9.30. The first-order chi connectivity index (χ1) is 10.9. The molecule has 2 saturated carbocycles. The third kappa shape index (κ3) is 1.99. The van der Waals surface area contributed by atoms with E-state index in [4.69, 9.17) is 0 Å². The van der Waals surface area contributed by atoms with Gasteiger partial charge in [0.1, 0.15) is 5.78 Å². The molecule has 0 N–H and O–H groups in total. The second-order valence-corrected chi connectivity index (χ2v) is 8.85. The van der Waals surface area contributed by atoms with Crippen LogP contribution in [0.4, 0.5) is 0 Å². The van der Waals surface area contributed by atoms with Crippen molar-refractivity contribution in [2.24, 2.45) is 34.5 Å². The van der Waals surface area contributed by atoms with Gasteiger partial charge in [-0.2, -0.15) is 0 Å². The number of ketones is 2. The van der Waals surface area contributed by atoms with Crippen LogP contribution in [-0.2, 0) is 9.59 Å². The molecule has 0 bridgehead atoms. The van der Waals surface area contributed by atoms with Gasteiger partial charge in [0.15, 0.2) is 5.78 Å². The van der Waals surface area contributed by atoms with Gasteiger partial charge in [-0.3, -0.25) is 9.59 Å². The molecule has 2 nitrogen and oxygen atoms in total. The summed E-state index contributed by atoms with van der Waals surface area (Å²) in [5.74, 6) is 2.77. The zero-order valence-corrected chi connectivity index (χ0v) is 14.6. The zero-order chi connectivity index (χ0) is 16.4. The molecule has 2 heteroatoms. The van der Waals surface area contributed by atoms with E-state index < -0.39 is 0 Å². The quantitative estimate of drug-likeness (QED) is 0.668. The molecule has 0 aromatic carbocycles. The van der Waals surface area contributed by atoms with Crippen molar-refractivity contribution < 1.29 is 9.59 Å². The summed E-state index contributed by atoms with van der Waals surface area (Å²) >= 11 is 0. The number of rotatable bonds is 1. The van der Waals surface area contributed by atoms with E-state index in [0.717, 1.165) is 19.3 Å². The first-order valence-corrected chi connectivity index (χ1v) is 9.30. The summed E-state index contributed by atoms with van der Waals surface area (Å²) in [6.45, 7) is 6.47. The van der Waals surface area contributed by atoms with Gasteiger partial charge in [-0.1, -0.05) is 31.6 Å². The Bertz CT molecular complexity index is 628. The lowest BCUT2D eigenvalue weighted by molar-refractivity contribution is -0.124. The fourth-order valence-electron chi connectivity index (χ4n) is 6.59. The van der Waals surface area contributed by atoms with Crippen molar-refractivity contribution in [3.8, 4) is 0 Å².